The van der Waals surface area contributed by atoms with Gasteiger partial charge in [0.25, 0.3) is 0 Å². The first-order valence-electron chi connectivity index (χ1n) is 7.82. The molecule has 28 heavy (non-hydrogen) atoms. The van der Waals surface area contributed by atoms with Crippen LogP contribution in [0.5, 0.6) is 0 Å². The van der Waals surface area contributed by atoms with Crippen molar-refractivity contribution in [2.75, 3.05) is 5.32 Å². The summed E-state index contributed by atoms with van der Waals surface area (Å²) < 4.78 is 36.7. The van der Waals surface area contributed by atoms with Crippen LogP contribution < -0.4 is 10.7 Å². The van der Waals surface area contributed by atoms with Crippen molar-refractivity contribution in [2.24, 2.45) is 5.10 Å². The first-order valence-corrected chi connectivity index (χ1v) is 8.57. The van der Waals surface area contributed by atoms with E-state index in [-0.39, 0.29) is 18.0 Å². The van der Waals surface area contributed by atoms with Crippen LogP contribution in [0.15, 0.2) is 47.6 Å². The number of rotatable bonds is 5. The highest BCUT2D eigenvalue weighted by molar-refractivity contribution is 6.42. The fourth-order valence-electron chi connectivity index (χ4n) is 2.08. The summed E-state index contributed by atoms with van der Waals surface area (Å²) in [4.78, 5) is 22.9. The number of halogens is 5. The number of hydrogen-bond donors (Lipinski definition) is 2. The lowest BCUT2D eigenvalue weighted by atomic mass is 10.1. The molecule has 148 valence electrons. The summed E-state index contributed by atoms with van der Waals surface area (Å²) >= 11 is 11.7. The van der Waals surface area contributed by atoms with Gasteiger partial charge in [-0.3, -0.25) is 9.59 Å². The van der Waals surface area contributed by atoms with Crippen LogP contribution in [0.3, 0.4) is 0 Å². The van der Waals surface area contributed by atoms with Crippen LogP contribution in [0, 0.1) is 0 Å². The van der Waals surface area contributed by atoms with E-state index in [0.29, 0.717) is 26.9 Å². The molecule has 2 aromatic carbocycles. The monoisotopic (exact) mass is 431 g/mol. The smallest absolute Gasteiger partial charge is 0.318 e. The molecule has 0 saturated heterocycles. The van der Waals surface area contributed by atoms with Crippen molar-refractivity contribution in [3.05, 3.63) is 63.6 Å². The van der Waals surface area contributed by atoms with E-state index in [1.54, 1.807) is 30.4 Å². The van der Waals surface area contributed by atoms with Gasteiger partial charge in [0.1, 0.15) is 0 Å². The zero-order chi connectivity index (χ0) is 20.9. The number of hydrazone groups is 1. The maximum absolute atomic E-state index is 12.2. The van der Waals surface area contributed by atoms with E-state index in [4.69, 9.17) is 23.2 Å². The summed E-state index contributed by atoms with van der Waals surface area (Å²) in [5.41, 5.74) is 4.01. The number of benzene rings is 2. The van der Waals surface area contributed by atoms with E-state index in [2.05, 4.69) is 10.5 Å². The van der Waals surface area contributed by atoms with Crippen LogP contribution in [-0.4, -0.2) is 23.7 Å². The Balaban J connectivity index is 1.96. The van der Waals surface area contributed by atoms with Gasteiger partial charge in [0.2, 0.25) is 5.91 Å². The molecule has 10 heteroatoms. The van der Waals surface area contributed by atoms with Crippen molar-refractivity contribution in [1.29, 1.82) is 0 Å². The predicted molar refractivity (Wildman–Crippen MR) is 102 cm³/mol. The van der Waals surface area contributed by atoms with E-state index >= 15 is 0 Å². The lowest BCUT2D eigenvalue weighted by Crippen LogP contribution is -2.29. The van der Waals surface area contributed by atoms with E-state index in [9.17, 15) is 22.8 Å². The van der Waals surface area contributed by atoms with E-state index < -0.39 is 12.1 Å². The first-order chi connectivity index (χ1) is 13.1. The van der Waals surface area contributed by atoms with Gasteiger partial charge in [-0.2, -0.15) is 18.3 Å². The van der Waals surface area contributed by atoms with Crippen LogP contribution in [0.25, 0.3) is 0 Å². The topological polar surface area (TPSA) is 70.6 Å². The first kappa shape index (κ1) is 21.7. The van der Waals surface area contributed by atoms with Crippen LogP contribution in [0.4, 0.5) is 18.9 Å². The molecule has 0 atom stereocenters. The fourth-order valence-corrected chi connectivity index (χ4v) is 2.40. The number of nitrogens with zero attached hydrogens (tertiary/aromatic N) is 1. The summed E-state index contributed by atoms with van der Waals surface area (Å²) in [6.07, 6.45) is -4.93. The lowest BCUT2D eigenvalue weighted by molar-refractivity contribution is -0.167. The Morgan fingerprint density at radius 1 is 1.04 bits per heavy atom. The normalized spacial score (nSPS) is 11.9. The molecule has 0 bridgehead atoms. The maximum atomic E-state index is 12.2. The lowest BCUT2D eigenvalue weighted by Gasteiger charge is -2.08. The van der Waals surface area contributed by atoms with Crippen LogP contribution in [0.2, 0.25) is 10.0 Å². The number of carbonyl (C=O) groups is 2. The molecule has 5 nitrogen and oxygen atoms in total. The van der Waals surface area contributed by atoms with Gasteiger partial charge < -0.3 is 5.32 Å². The number of alkyl halides is 3. The Bertz CT molecular complexity index is 913. The molecule has 2 N–H and O–H groups in total. The zero-order valence-corrected chi connectivity index (χ0v) is 15.9. The molecule has 0 aromatic heterocycles. The minimum absolute atomic E-state index is 0.0115. The van der Waals surface area contributed by atoms with E-state index in [1.807, 2.05) is 0 Å². The van der Waals surface area contributed by atoms with Gasteiger partial charge in [0, 0.05) is 5.69 Å². The molecular formula is C18H14Cl2F3N3O2. The molecule has 2 amide bonds. The third-order valence-corrected chi connectivity index (χ3v) is 4.25. The second-order valence-corrected chi connectivity index (χ2v) is 6.50. The van der Waals surface area contributed by atoms with E-state index in [1.165, 1.54) is 24.3 Å². The molecule has 0 saturated carbocycles. The van der Waals surface area contributed by atoms with E-state index in [0.717, 1.165) is 0 Å². The average molecular weight is 432 g/mol. The molecule has 0 aliphatic heterocycles. The minimum atomic E-state index is -4.96. The average Bonchev–Trinajstić information content (AvgIpc) is 2.62. The maximum Gasteiger partial charge on any atom is 0.471 e. The zero-order valence-electron chi connectivity index (χ0n) is 14.4. The van der Waals surface area contributed by atoms with Gasteiger partial charge in [-0.05, 0) is 42.3 Å². The van der Waals surface area contributed by atoms with Gasteiger partial charge in [0.05, 0.1) is 22.2 Å². The number of amides is 2. The van der Waals surface area contributed by atoms with Gasteiger partial charge in [-0.1, -0.05) is 41.4 Å². The molecular weight excluding hydrogens is 418 g/mol. The molecule has 0 fully saturated rings. The second-order valence-electron chi connectivity index (χ2n) is 5.69. The molecule has 0 unspecified atom stereocenters. The van der Waals surface area contributed by atoms with Crippen molar-refractivity contribution in [3.63, 3.8) is 0 Å². The molecule has 0 heterocycles. The Kier molecular flexibility index (Phi) is 7.04. The van der Waals surface area contributed by atoms with Gasteiger partial charge in [0.15, 0.2) is 0 Å². The molecule has 0 aliphatic carbocycles. The molecule has 0 radical (unpaired) electrons. The highest BCUT2D eigenvalue weighted by atomic mass is 35.5. The number of nitrogens with one attached hydrogen (secondary N) is 2. The van der Waals surface area contributed by atoms with Gasteiger partial charge >= 0.3 is 12.1 Å². The standard InChI is InChI=1S/C18H14Cl2F3N3O2/c1-10(12-3-5-13(6-4-12)24-17(28)18(21,22)23)25-26-16(27)9-11-2-7-14(19)15(20)8-11/h2-8H,9H2,1H3,(H,24,28)(H,26,27)/b25-10+. The molecule has 0 spiro atoms. The second kappa shape index (κ2) is 9.07. The van der Waals surface area contributed by atoms with Crippen molar-refractivity contribution >= 4 is 46.4 Å². The Labute approximate surface area is 168 Å². The quantitative estimate of drug-likeness (QED) is 0.537. The van der Waals surface area contributed by atoms with Crippen molar-refractivity contribution in [2.45, 2.75) is 19.5 Å². The largest absolute Gasteiger partial charge is 0.471 e. The number of hydrogen-bond acceptors (Lipinski definition) is 3. The number of carbonyl (C=O) groups excluding carboxylic acids is 2. The van der Waals surface area contributed by atoms with Crippen LogP contribution >= 0.6 is 23.2 Å². The Morgan fingerprint density at radius 2 is 1.68 bits per heavy atom. The minimum Gasteiger partial charge on any atom is -0.318 e. The summed E-state index contributed by atoms with van der Waals surface area (Å²) in [5, 5.41) is 6.41. The van der Waals surface area contributed by atoms with Crippen molar-refractivity contribution < 1.29 is 22.8 Å². The van der Waals surface area contributed by atoms with Gasteiger partial charge in [-0.25, -0.2) is 5.43 Å². The van der Waals surface area contributed by atoms with Crippen molar-refractivity contribution in [1.82, 2.24) is 5.43 Å². The Morgan fingerprint density at radius 3 is 2.25 bits per heavy atom. The summed E-state index contributed by atoms with van der Waals surface area (Å²) in [5.74, 6) is -2.44. The summed E-state index contributed by atoms with van der Waals surface area (Å²) in [7, 11) is 0. The fraction of sp³-hybridized carbons (Fsp3) is 0.167. The SMILES string of the molecule is C/C(=N\NC(=O)Cc1ccc(Cl)c(Cl)c1)c1ccc(NC(=O)C(F)(F)F)cc1. The summed E-state index contributed by atoms with van der Waals surface area (Å²) in [6.45, 7) is 1.61. The van der Waals surface area contributed by atoms with Crippen LogP contribution in [0.1, 0.15) is 18.1 Å². The molecule has 2 rings (SSSR count). The summed E-state index contributed by atoms with van der Waals surface area (Å²) in [6, 6.07) is 10.4. The highest BCUT2D eigenvalue weighted by Crippen LogP contribution is 2.23. The molecule has 0 aliphatic rings. The molecule has 2 aromatic rings. The third kappa shape index (κ3) is 6.24. The van der Waals surface area contributed by atoms with Crippen molar-refractivity contribution in [3.8, 4) is 0 Å². The van der Waals surface area contributed by atoms with Gasteiger partial charge in [-0.15, -0.1) is 0 Å². The highest BCUT2D eigenvalue weighted by Gasteiger charge is 2.38. The third-order valence-electron chi connectivity index (χ3n) is 3.52. The number of anilines is 1. The Hall–Kier alpha value is -2.58. The van der Waals surface area contributed by atoms with Crippen LogP contribution in [-0.2, 0) is 16.0 Å². The predicted octanol–water partition coefficient (Wildman–Crippen LogP) is 4.58.